The maximum absolute atomic E-state index is 12.7. The lowest BCUT2D eigenvalue weighted by atomic mass is 9.97. The first-order valence-corrected chi connectivity index (χ1v) is 8.06. The Labute approximate surface area is 129 Å². The molecule has 0 bridgehead atoms. The summed E-state index contributed by atoms with van der Waals surface area (Å²) in [6, 6.07) is 2.39. The van der Waals surface area contributed by atoms with Gasteiger partial charge in [0, 0.05) is 23.0 Å². The second-order valence-electron chi connectivity index (χ2n) is 5.67. The van der Waals surface area contributed by atoms with Crippen LogP contribution in [0.1, 0.15) is 53.2 Å². The molecule has 114 valence electrons. The minimum atomic E-state index is -0.978. The standard InChI is InChI=1S/C16H21NO3S/c1-10-9-14(21-13(10)7-8-15(18)19)16(20)17-11(2)5-4-6-12(17)3/h7-9,11-12H,4-6H2,1-3H3,(H,18,19)/b8-7+. The van der Waals surface area contributed by atoms with E-state index >= 15 is 0 Å². The van der Waals surface area contributed by atoms with Gasteiger partial charge in [-0.25, -0.2) is 4.79 Å². The van der Waals surface area contributed by atoms with E-state index in [1.54, 1.807) is 6.08 Å². The fraction of sp³-hybridized carbons (Fsp3) is 0.500. The second-order valence-corrected chi connectivity index (χ2v) is 6.75. The molecule has 0 radical (unpaired) electrons. The van der Waals surface area contributed by atoms with Crippen molar-refractivity contribution < 1.29 is 14.7 Å². The minimum absolute atomic E-state index is 0.0674. The molecule has 1 fully saturated rings. The highest BCUT2D eigenvalue weighted by Crippen LogP contribution is 2.29. The first-order valence-electron chi connectivity index (χ1n) is 7.24. The third-order valence-electron chi connectivity index (χ3n) is 3.97. The number of hydrogen-bond acceptors (Lipinski definition) is 3. The molecule has 21 heavy (non-hydrogen) atoms. The van der Waals surface area contributed by atoms with E-state index in [9.17, 15) is 9.59 Å². The van der Waals surface area contributed by atoms with Crippen LogP contribution in [0.15, 0.2) is 12.1 Å². The van der Waals surface area contributed by atoms with E-state index in [4.69, 9.17) is 5.11 Å². The van der Waals surface area contributed by atoms with Crippen LogP contribution in [0.5, 0.6) is 0 Å². The predicted octanol–water partition coefficient (Wildman–Crippen LogP) is 3.56. The van der Waals surface area contributed by atoms with Gasteiger partial charge in [0.05, 0.1) is 4.88 Å². The summed E-state index contributed by atoms with van der Waals surface area (Å²) in [4.78, 5) is 26.8. The highest BCUT2D eigenvalue weighted by Gasteiger charge is 2.30. The molecule has 1 saturated heterocycles. The Morgan fingerprint density at radius 1 is 1.33 bits per heavy atom. The van der Waals surface area contributed by atoms with Crippen LogP contribution in [0.4, 0.5) is 0 Å². The van der Waals surface area contributed by atoms with Gasteiger partial charge in [0.2, 0.25) is 0 Å². The molecule has 1 aromatic rings. The van der Waals surface area contributed by atoms with Crippen LogP contribution in [0.25, 0.3) is 6.08 Å². The summed E-state index contributed by atoms with van der Waals surface area (Å²) in [5, 5.41) is 8.70. The van der Waals surface area contributed by atoms with Gasteiger partial charge in [0.15, 0.2) is 0 Å². The summed E-state index contributed by atoms with van der Waals surface area (Å²) < 4.78 is 0. The van der Waals surface area contributed by atoms with Crippen LogP contribution >= 0.6 is 11.3 Å². The number of carbonyl (C=O) groups is 2. The highest BCUT2D eigenvalue weighted by atomic mass is 32.1. The average molecular weight is 307 g/mol. The minimum Gasteiger partial charge on any atom is -0.478 e. The van der Waals surface area contributed by atoms with Gasteiger partial charge >= 0.3 is 5.97 Å². The quantitative estimate of drug-likeness (QED) is 0.869. The normalized spacial score (nSPS) is 22.7. The van der Waals surface area contributed by atoms with Gasteiger partial charge in [-0.3, -0.25) is 4.79 Å². The molecule has 2 rings (SSSR count). The molecule has 0 saturated carbocycles. The summed E-state index contributed by atoms with van der Waals surface area (Å²) in [6.45, 7) is 6.09. The Hall–Kier alpha value is -1.62. The van der Waals surface area contributed by atoms with E-state index in [1.807, 2.05) is 17.9 Å². The number of carboxylic acid groups (broad SMARTS) is 1. The fourth-order valence-electron chi connectivity index (χ4n) is 2.86. The molecule has 4 nitrogen and oxygen atoms in total. The lowest BCUT2D eigenvalue weighted by Gasteiger charge is -2.38. The van der Waals surface area contributed by atoms with E-state index in [1.165, 1.54) is 17.8 Å². The Balaban J connectivity index is 2.23. The molecule has 2 atom stereocenters. The molecule has 1 N–H and O–H groups in total. The van der Waals surface area contributed by atoms with Gasteiger partial charge in [-0.1, -0.05) is 0 Å². The Morgan fingerprint density at radius 2 is 1.95 bits per heavy atom. The van der Waals surface area contributed by atoms with Crippen LogP contribution in [-0.2, 0) is 4.79 Å². The molecule has 0 spiro atoms. The molecular weight excluding hydrogens is 286 g/mol. The maximum Gasteiger partial charge on any atom is 0.328 e. The predicted molar refractivity (Wildman–Crippen MR) is 84.7 cm³/mol. The molecule has 1 aromatic heterocycles. The monoisotopic (exact) mass is 307 g/mol. The summed E-state index contributed by atoms with van der Waals surface area (Å²) in [7, 11) is 0. The van der Waals surface area contributed by atoms with Gasteiger partial charge < -0.3 is 10.0 Å². The van der Waals surface area contributed by atoms with Crippen LogP contribution in [0, 0.1) is 6.92 Å². The Morgan fingerprint density at radius 3 is 2.52 bits per heavy atom. The fourth-order valence-corrected chi connectivity index (χ4v) is 3.88. The van der Waals surface area contributed by atoms with Crippen molar-refractivity contribution in [2.45, 2.75) is 52.1 Å². The van der Waals surface area contributed by atoms with E-state index < -0.39 is 5.97 Å². The zero-order valence-electron chi connectivity index (χ0n) is 12.6. The number of amides is 1. The molecule has 1 amide bonds. The molecule has 1 aliphatic heterocycles. The summed E-state index contributed by atoms with van der Waals surface area (Å²) in [6.07, 6.45) is 5.93. The van der Waals surface area contributed by atoms with Crippen molar-refractivity contribution in [3.8, 4) is 0 Å². The Kier molecular flexibility index (Phi) is 4.83. The summed E-state index contributed by atoms with van der Waals surface area (Å²) in [5.41, 5.74) is 0.943. The largest absolute Gasteiger partial charge is 0.478 e. The SMILES string of the molecule is Cc1cc(C(=O)N2C(C)CCCC2C)sc1/C=C/C(=O)O. The number of rotatable bonds is 3. The van der Waals surface area contributed by atoms with Crippen molar-refractivity contribution in [3.63, 3.8) is 0 Å². The number of carboxylic acids is 1. The van der Waals surface area contributed by atoms with Crippen molar-refractivity contribution >= 4 is 29.3 Å². The van der Waals surface area contributed by atoms with Crippen molar-refractivity contribution in [1.82, 2.24) is 4.90 Å². The number of aryl methyl sites for hydroxylation is 1. The number of carbonyl (C=O) groups excluding carboxylic acids is 1. The average Bonchev–Trinajstić information content (AvgIpc) is 2.77. The van der Waals surface area contributed by atoms with Crippen molar-refractivity contribution in [2.24, 2.45) is 0 Å². The molecule has 0 aromatic carbocycles. The van der Waals surface area contributed by atoms with Gasteiger partial charge in [-0.05, 0) is 57.7 Å². The third-order valence-corrected chi connectivity index (χ3v) is 5.16. The first kappa shape index (κ1) is 15.8. The Bertz CT molecular complexity index is 566. The molecular formula is C16H21NO3S. The topological polar surface area (TPSA) is 57.6 Å². The first-order chi connectivity index (χ1) is 9.90. The zero-order valence-corrected chi connectivity index (χ0v) is 13.4. The second kappa shape index (κ2) is 6.43. The number of nitrogens with zero attached hydrogens (tertiary/aromatic N) is 1. The van der Waals surface area contributed by atoms with Crippen LogP contribution in [0.2, 0.25) is 0 Å². The highest BCUT2D eigenvalue weighted by molar-refractivity contribution is 7.15. The maximum atomic E-state index is 12.7. The van der Waals surface area contributed by atoms with Crippen LogP contribution < -0.4 is 0 Å². The number of aliphatic carboxylic acids is 1. The lowest BCUT2D eigenvalue weighted by molar-refractivity contribution is -0.131. The van der Waals surface area contributed by atoms with E-state index in [-0.39, 0.29) is 18.0 Å². The smallest absolute Gasteiger partial charge is 0.328 e. The molecule has 2 heterocycles. The van der Waals surface area contributed by atoms with Crippen molar-refractivity contribution in [1.29, 1.82) is 0 Å². The third kappa shape index (κ3) is 3.53. The van der Waals surface area contributed by atoms with Crippen molar-refractivity contribution in [3.05, 3.63) is 27.5 Å². The van der Waals surface area contributed by atoms with E-state index in [0.717, 1.165) is 29.4 Å². The molecule has 1 aliphatic rings. The number of piperidine rings is 1. The molecule has 5 heteroatoms. The van der Waals surface area contributed by atoms with Gasteiger partial charge in [-0.2, -0.15) is 0 Å². The number of thiophene rings is 1. The number of hydrogen-bond donors (Lipinski definition) is 1. The zero-order chi connectivity index (χ0) is 15.6. The van der Waals surface area contributed by atoms with E-state index in [2.05, 4.69) is 13.8 Å². The van der Waals surface area contributed by atoms with Crippen LogP contribution in [0.3, 0.4) is 0 Å². The van der Waals surface area contributed by atoms with E-state index in [0.29, 0.717) is 4.88 Å². The van der Waals surface area contributed by atoms with Gasteiger partial charge in [-0.15, -0.1) is 11.3 Å². The lowest BCUT2D eigenvalue weighted by Crippen LogP contribution is -2.47. The van der Waals surface area contributed by atoms with Gasteiger partial charge in [0.25, 0.3) is 5.91 Å². The molecule has 0 aliphatic carbocycles. The number of likely N-dealkylation sites (tertiary alicyclic amines) is 1. The summed E-state index contributed by atoms with van der Waals surface area (Å²) >= 11 is 1.37. The molecule has 2 unspecified atom stereocenters. The van der Waals surface area contributed by atoms with Crippen molar-refractivity contribution in [2.75, 3.05) is 0 Å². The van der Waals surface area contributed by atoms with Crippen LogP contribution in [-0.4, -0.2) is 34.0 Å². The summed E-state index contributed by atoms with van der Waals surface area (Å²) in [5.74, 6) is -0.910. The van der Waals surface area contributed by atoms with Gasteiger partial charge in [0.1, 0.15) is 0 Å².